The Morgan fingerprint density at radius 1 is 1.09 bits per heavy atom. The van der Waals surface area contributed by atoms with Crippen LogP contribution in [-0.4, -0.2) is 21.0 Å². The van der Waals surface area contributed by atoms with Gasteiger partial charge in [0.2, 0.25) is 0 Å². The summed E-state index contributed by atoms with van der Waals surface area (Å²) in [4.78, 5) is 0.0717. The molecule has 0 amide bonds. The zero-order valence-corrected chi connectivity index (χ0v) is 12.6. The maximum absolute atomic E-state index is 12.3. The smallest absolute Gasteiger partial charge is 0.406 e. The van der Waals surface area contributed by atoms with Crippen molar-refractivity contribution >= 4 is 9.84 Å². The minimum absolute atomic E-state index is 0.0717. The van der Waals surface area contributed by atoms with E-state index in [2.05, 4.69) is 4.74 Å². The van der Waals surface area contributed by atoms with Gasteiger partial charge in [-0.15, -0.1) is 13.2 Å². The first-order valence-corrected chi connectivity index (χ1v) is 8.10. The number of nitriles is 1. The Morgan fingerprint density at radius 2 is 1.70 bits per heavy atom. The van der Waals surface area contributed by atoms with Crippen LogP contribution < -0.4 is 4.74 Å². The standard InChI is InChI=1S/C15H10F3NO3S/c1-23(20,21)13-6-3-10(4-7-13)14-8-12(22-15(16,17)18)5-2-11(14)9-19/h2-8H,1H3. The molecule has 0 aromatic heterocycles. The summed E-state index contributed by atoms with van der Waals surface area (Å²) in [5.41, 5.74) is 0.766. The van der Waals surface area contributed by atoms with Gasteiger partial charge in [-0.05, 0) is 35.9 Å². The van der Waals surface area contributed by atoms with Gasteiger partial charge < -0.3 is 4.74 Å². The number of halogens is 3. The predicted octanol–water partition coefficient (Wildman–Crippen LogP) is 3.53. The van der Waals surface area contributed by atoms with Crippen molar-refractivity contribution in [3.8, 4) is 22.9 Å². The van der Waals surface area contributed by atoms with E-state index >= 15 is 0 Å². The number of nitrogens with zero attached hydrogens (tertiary/aromatic N) is 1. The molecule has 0 unspecified atom stereocenters. The van der Waals surface area contributed by atoms with Gasteiger partial charge in [0, 0.05) is 11.8 Å². The van der Waals surface area contributed by atoms with E-state index in [1.165, 1.54) is 30.3 Å². The van der Waals surface area contributed by atoms with Gasteiger partial charge in [0.1, 0.15) is 5.75 Å². The van der Waals surface area contributed by atoms with E-state index in [0.29, 0.717) is 5.56 Å². The Bertz CT molecular complexity index is 866. The van der Waals surface area contributed by atoms with Gasteiger partial charge in [0.15, 0.2) is 9.84 Å². The predicted molar refractivity (Wildman–Crippen MR) is 76.4 cm³/mol. The molecule has 0 spiro atoms. The third-order valence-electron chi connectivity index (χ3n) is 2.94. The van der Waals surface area contributed by atoms with Crippen LogP contribution in [0.5, 0.6) is 5.75 Å². The highest BCUT2D eigenvalue weighted by Crippen LogP contribution is 2.31. The highest BCUT2D eigenvalue weighted by molar-refractivity contribution is 7.90. The first-order valence-electron chi connectivity index (χ1n) is 6.20. The summed E-state index contributed by atoms with van der Waals surface area (Å²) < 4.78 is 63.5. The molecule has 0 aliphatic rings. The molecule has 0 atom stereocenters. The number of benzene rings is 2. The average Bonchev–Trinajstić information content (AvgIpc) is 2.45. The fourth-order valence-electron chi connectivity index (χ4n) is 1.94. The summed E-state index contributed by atoms with van der Waals surface area (Å²) >= 11 is 0. The Balaban J connectivity index is 2.49. The van der Waals surface area contributed by atoms with E-state index in [-0.39, 0.29) is 16.0 Å². The van der Waals surface area contributed by atoms with Crippen LogP contribution in [0, 0.1) is 11.3 Å². The van der Waals surface area contributed by atoms with Crippen molar-refractivity contribution in [1.82, 2.24) is 0 Å². The molecule has 8 heteroatoms. The molecule has 4 nitrogen and oxygen atoms in total. The Morgan fingerprint density at radius 3 is 2.17 bits per heavy atom. The van der Waals surface area contributed by atoms with Crippen LogP contribution in [0.4, 0.5) is 13.2 Å². The molecule has 0 heterocycles. The second-order valence-corrected chi connectivity index (χ2v) is 6.68. The number of ether oxygens (including phenoxy) is 1. The van der Waals surface area contributed by atoms with Crippen LogP contribution >= 0.6 is 0 Å². The molecule has 0 aliphatic carbocycles. The van der Waals surface area contributed by atoms with Gasteiger partial charge in [-0.25, -0.2) is 8.42 Å². The van der Waals surface area contributed by atoms with E-state index in [1.807, 2.05) is 6.07 Å². The van der Waals surface area contributed by atoms with Crippen molar-refractivity contribution in [2.45, 2.75) is 11.3 Å². The molecule has 0 fully saturated rings. The highest BCUT2D eigenvalue weighted by Gasteiger charge is 2.31. The van der Waals surface area contributed by atoms with Crippen molar-refractivity contribution in [2.24, 2.45) is 0 Å². The van der Waals surface area contributed by atoms with Gasteiger partial charge in [0.05, 0.1) is 16.5 Å². The van der Waals surface area contributed by atoms with Crippen LogP contribution in [0.15, 0.2) is 47.4 Å². The summed E-state index contributed by atoms with van der Waals surface area (Å²) in [5, 5.41) is 9.08. The van der Waals surface area contributed by atoms with Crippen molar-refractivity contribution in [1.29, 1.82) is 5.26 Å². The number of hydrogen-bond acceptors (Lipinski definition) is 4. The second kappa shape index (κ2) is 5.93. The summed E-state index contributed by atoms with van der Waals surface area (Å²) in [5.74, 6) is -0.460. The average molecular weight is 341 g/mol. The van der Waals surface area contributed by atoms with Gasteiger partial charge in [-0.1, -0.05) is 12.1 Å². The summed E-state index contributed by atoms with van der Waals surface area (Å²) in [6, 6.07) is 10.7. The number of rotatable bonds is 3. The molecule has 0 saturated carbocycles. The fraction of sp³-hybridized carbons (Fsp3) is 0.133. The van der Waals surface area contributed by atoms with Crippen molar-refractivity contribution in [3.63, 3.8) is 0 Å². The Kier molecular flexibility index (Phi) is 4.34. The topological polar surface area (TPSA) is 67.2 Å². The number of alkyl halides is 3. The lowest BCUT2D eigenvalue weighted by Crippen LogP contribution is -2.17. The van der Waals surface area contributed by atoms with Crippen molar-refractivity contribution in [2.75, 3.05) is 6.26 Å². The molecule has 2 aromatic rings. The summed E-state index contributed by atoms with van der Waals surface area (Å²) in [6.07, 6.45) is -3.80. The quantitative estimate of drug-likeness (QED) is 0.856. The highest BCUT2D eigenvalue weighted by atomic mass is 32.2. The van der Waals surface area contributed by atoms with Crippen molar-refractivity contribution in [3.05, 3.63) is 48.0 Å². The minimum atomic E-state index is -4.84. The monoisotopic (exact) mass is 341 g/mol. The molecule has 120 valence electrons. The normalized spacial score (nSPS) is 11.8. The zero-order chi connectivity index (χ0) is 17.3. The molecule has 2 aromatic carbocycles. The zero-order valence-electron chi connectivity index (χ0n) is 11.8. The molecule has 0 saturated heterocycles. The SMILES string of the molecule is CS(=O)(=O)c1ccc(-c2cc(OC(F)(F)F)ccc2C#N)cc1. The first-order chi connectivity index (χ1) is 10.6. The first kappa shape index (κ1) is 16.8. The molecular formula is C15H10F3NO3S. The molecule has 2 rings (SSSR count). The second-order valence-electron chi connectivity index (χ2n) is 4.66. The summed E-state index contributed by atoms with van der Waals surface area (Å²) in [7, 11) is -3.39. The lowest BCUT2D eigenvalue weighted by Gasteiger charge is -2.11. The van der Waals surface area contributed by atoms with Gasteiger partial charge in [0.25, 0.3) is 0 Å². The maximum Gasteiger partial charge on any atom is 0.573 e. The van der Waals surface area contributed by atoms with Crippen LogP contribution in [0.2, 0.25) is 0 Å². The van der Waals surface area contributed by atoms with E-state index in [1.54, 1.807) is 0 Å². The fourth-order valence-corrected chi connectivity index (χ4v) is 2.57. The van der Waals surface area contributed by atoms with Gasteiger partial charge in [-0.2, -0.15) is 5.26 Å². The number of hydrogen-bond donors (Lipinski definition) is 0. The lowest BCUT2D eigenvalue weighted by molar-refractivity contribution is -0.274. The lowest BCUT2D eigenvalue weighted by atomic mass is 10.0. The molecular weight excluding hydrogens is 331 g/mol. The van der Waals surface area contributed by atoms with Crippen LogP contribution in [0.1, 0.15) is 5.56 Å². The largest absolute Gasteiger partial charge is 0.573 e. The van der Waals surface area contributed by atoms with Crippen LogP contribution in [-0.2, 0) is 9.84 Å². The maximum atomic E-state index is 12.3. The third kappa shape index (κ3) is 4.23. The van der Waals surface area contributed by atoms with E-state index in [9.17, 15) is 21.6 Å². The van der Waals surface area contributed by atoms with Crippen LogP contribution in [0.25, 0.3) is 11.1 Å². The minimum Gasteiger partial charge on any atom is -0.406 e. The molecule has 0 aliphatic heterocycles. The van der Waals surface area contributed by atoms with Crippen LogP contribution in [0.3, 0.4) is 0 Å². The van der Waals surface area contributed by atoms with E-state index in [4.69, 9.17) is 5.26 Å². The molecule has 0 radical (unpaired) electrons. The third-order valence-corrected chi connectivity index (χ3v) is 4.07. The Hall–Kier alpha value is -2.53. The summed E-state index contributed by atoms with van der Waals surface area (Å²) in [6.45, 7) is 0. The van der Waals surface area contributed by atoms with Gasteiger partial charge >= 0.3 is 6.36 Å². The van der Waals surface area contributed by atoms with E-state index < -0.39 is 21.9 Å². The molecule has 0 N–H and O–H groups in total. The molecule has 0 bridgehead atoms. The number of sulfone groups is 1. The van der Waals surface area contributed by atoms with E-state index in [0.717, 1.165) is 18.4 Å². The Labute approximate surface area is 130 Å². The van der Waals surface area contributed by atoms with Gasteiger partial charge in [-0.3, -0.25) is 0 Å². The van der Waals surface area contributed by atoms with Crippen molar-refractivity contribution < 1.29 is 26.3 Å². The molecule has 23 heavy (non-hydrogen) atoms.